The van der Waals surface area contributed by atoms with Crippen LogP contribution >= 0.6 is 0 Å². The second-order valence-electron chi connectivity index (χ2n) is 4.78. The smallest absolute Gasteiger partial charge is 0.102 e. The quantitative estimate of drug-likeness (QED) is 0.493. The van der Waals surface area contributed by atoms with Gasteiger partial charge in [-0.1, -0.05) is 73.7 Å². The van der Waals surface area contributed by atoms with E-state index in [2.05, 4.69) is 30.6 Å². The van der Waals surface area contributed by atoms with Crippen LogP contribution in [0.25, 0.3) is 0 Å². The third kappa shape index (κ3) is 3.35. The highest BCUT2D eigenvalue weighted by Crippen LogP contribution is 2.21. The lowest BCUT2D eigenvalue weighted by Crippen LogP contribution is -2.20. The van der Waals surface area contributed by atoms with Crippen molar-refractivity contribution < 1.29 is 0 Å². The molecule has 2 aromatic carbocycles. The molecule has 2 atom stereocenters. The second-order valence-corrected chi connectivity index (χ2v) is 4.78. The highest BCUT2D eigenvalue weighted by molar-refractivity contribution is 5.87. The van der Waals surface area contributed by atoms with Crippen molar-refractivity contribution in [2.24, 2.45) is 10.7 Å². The summed E-state index contributed by atoms with van der Waals surface area (Å²) >= 11 is 0. The van der Waals surface area contributed by atoms with Crippen molar-refractivity contribution in [3.63, 3.8) is 0 Å². The van der Waals surface area contributed by atoms with Crippen molar-refractivity contribution in [2.75, 3.05) is 0 Å². The Labute approximate surface area is 120 Å². The predicted octanol–water partition coefficient (Wildman–Crippen LogP) is 4.07. The fraction of sp³-hybridized carbons (Fsp3) is 0.167. The molecule has 0 heterocycles. The molecule has 0 radical (unpaired) electrons. The van der Waals surface area contributed by atoms with Crippen molar-refractivity contribution in [1.82, 2.24) is 0 Å². The molecule has 2 nitrogen and oxygen atoms in total. The summed E-state index contributed by atoms with van der Waals surface area (Å²) in [4.78, 5) is 4.62. The average Bonchev–Trinajstić information content (AvgIpc) is 2.53. The summed E-state index contributed by atoms with van der Waals surface area (Å²) in [6, 6.07) is 20.1. The lowest BCUT2D eigenvalue weighted by molar-refractivity contribution is 0.879. The Morgan fingerprint density at radius 1 is 1.00 bits per heavy atom. The monoisotopic (exact) mass is 264 g/mol. The molecule has 0 fully saturated rings. The van der Waals surface area contributed by atoms with Crippen molar-refractivity contribution in [3.05, 3.63) is 84.4 Å². The van der Waals surface area contributed by atoms with Gasteiger partial charge in [-0.2, -0.15) is 0 Å². The second kappa shape index (κ2) is 6.71. The van der Waals surface area contributed by atoms with E-state index in [0.717, 1.165) is 5.56 Å². The summed E-state index contributed by atoms with van der Waals surface area (Å²) in [5.74, 6) is 0.729. The summed E-state index contributed by atoms with van der Waals surface area (Å²) in [6.07, 6.45) is 1.82. The Kier molecular flexibility index (Phi) is 4.72. The molecule has 102 valence electrons. The van der Waals surface area contributed by atoms with Crippen LogP contribution < -0.4 is 5.73 Å². The van der Waals surface area contributed by atoms with Crippen LogP contribution in [0.5, 0.6) is 0 Å². The van der Waals surface area contributed by atoms with Gasteiger partial charge in [-0.15, -0.1) is 6.58 Å². The van der Waals surface area contributed by atoms with E-state index in [9.17, 15) is 0 Å². The molecule has 0 aliphatic rings. The van der Waals surface area contributed by atoms with Crippen molar-refractivity contribution in [2.45, 2.75) is 18.9 Å². The maximum absolute atomic E-state index is 6.17. The van der Waals surface area contributed by atoms with Gasteiger partial charge in [-0.25, -0.2) is 0 Å². The van der Waals surface area contributed by atoms with Crippen LogP contribution in [-0.2, 0) is 0 Å². The number of rotatable bonds is 5. The van der Waals surface area contributed by atoms with Gasteiger partial charge in [0.2, 0.25) is 0 Å². The fourth-order valence-electron chi connectivity index (χ4n) is 2.10. The number of hydrogen-bond donors (Lipinski definition) is 1. The first-order chi connectivity index (χ1) is 9.72. The number of benzene rings is 2. The number of hydrogen-bond acceptors (Lipinski definition) is 1. The van der Waals surface area contributed by atoms with Crippen LogP contribution in [0.15, 0.2) is 78.3 Å². The maximum atomic E-state index is 6.17. The summed E-state index contributed by atoms with van der Waals surface area (Å²) < 4.78 is 0. The molecule has 0 aromatic heterocycles. The molecule has 2 heteroatoms. The van der Waals surface area contributed by atoms with E-state index in [1.807, 2.05) is 54.6 Å². The van der Waals surface area contributed by atoms with E-state index >= 15 is 0 Å². The largest absolute Gasteiger partial charge is 0.387 e. The van der Waals surface area contributed by atoms with Crippen LogP contribution in [0.3, 0.4) is 0 Å². The Bertz CT molecular complexity index is 573. The summed E-state index contributed by atoms with van der Waals surface area (Å²) in [5, 5.41) is 0. The Morgan fingerprint density at radius 3 is 2.00 bits per heavy atom. The molecule has 0 spiro atoms. The third-order valence-corrected chi connectivity index (χ3v) is 3.40. The Balaban J connectivity index is 2.22. The van der Waals surface area contributed by atoms with Crippen LogP contribution in [0.4, 0.5) is 0 Å². The van der Waals surface area contributed by atoms with E-state index in [4.69, 9.17) is 5.73 Å². The highest BCUT2D eigenvalue weighted by Gasteiger charge is 2.12. The van der Waals surface area contributed by atoms with E-state index in [1.165, 1.54) is 5.56 Å². The van der Waals surface area contributed by atoms with Crippen LogP contribution in [-0.4, -0.2) is 5.84 Å². The molecule has 0 saturated heterocycles. The van der Waals surface area contributed by atoms with Gasteiger partial charge >= 0.3 is 0 Å². The van der Waals surface area contributed by atoms with Gasteiger partial charge in [0.1, 0.15) is 5.84 Å². The lowest BCUT2D eigenvalue weighted by Gasteiger charge is -2.15. The van der Waals surface area contributed by atoms with Gasteiger partial charge in [0.05, 0.1) is 6.04 Å². The Hall–Kier alpha value is -2.35. The van der Waals surface area contributed by atoms with E-state index in [1.54, 1.807) is 0 Å². The maximum Gasteiger partial charge on any atom is 0.102 e. The summed E-state index contributed by atoms with van der Waals surface area (Å²) in [5.41, 5.74) is 8.44. The zero-order valence-electron chi connectivity index (χ0n) is 11.7. The molecule has 2 rings (SSSR count). The van der Waals surface area contributed by atoms with E-state index in [-0.39, 0.29) is 12.0 Å². The van der Waals surface area contributed by atoms with Gasteiger partial charge in [0.15, 0.2) is 0 Å². The van der Waals surface area contributed by atoms with Crippen molar-refractivity contribution in [1.29, 1.82) is 0 Å². The molecule has 2 N–H and O–H groups in total. The minimum atomic E-state index is -0.0950. The van der Waals surface area contributed by atoms with Gasteiger partial charge in [-0.05, 0) is 11.1 Å². The Morgan fingerprint density at radius 2 is 1.50 bits per heavy atom. The third-order valence-electron chi connectivity index (χ3n) is 3.40. The van der Waals surface area contributed by atoms with Crippen LogP contribution in [0, 0.1) is 0 Å². The molecule has 2 unspecified atom stereocenters. The zero-order valence-corrected chi connectivity index (χ0v) is 11.7. The molecule has 0 amide bonds. The van der Waals surface area contributed by atoms with Gasteiger partial charge in [0.25, 0.3) is 0 Å². The van der Waals surface area contributed by atoms with Gasteiger partial charge in [-0.3, -0.25) is 4.99 Å². The van der Waals surface area contributed by atoms with Crippen molar-refractivity contribution >= 4 is 5.84 Å². The molecule has 0 bridgehead atoms. The molecular formula is C18H20N2. The standard InChI is InChI=1S/C18H20N2/c1-3-17(16-12-8-5-9-13-16)20-18(19)14(2)15-10-6-4-7-11-15/h3-14,17H,1H2,2H3,(H2,19,20). The number of nitrogens with zero attached hydrogens (tertiary/aromatic N) is 1. The summed E-state index contributed by atoms with van der Waals surface area (Å²) in [6.45, 7) is 5.93. The lowest BCUT2D eigenvalue weighted by atomic mass is 10.00. The summed E-state index contributed by atoms with van der Waals surface area (Å²) in [7, 11) is 0. The molecule has 0 saturated carbocycles. The van der Waals surface area contributed by atoms with Gasteiger partial charge in [0, 0.05) is 5.92 Å². The van der Waals surface area contributed by atoms with E-state index < -0.39 is 0 Å². The minimum Gasteiger partial charge on any atom is -0.387 e. The predicted molar refractivity (Wildman–Crippen MR) is 85.9 cm³/mol. The first-order valence-electron chi connectivity index (χ1n) is 6.78. The number of amidine groups is 1. The van der Waals surface area contributed by atoms with Crippen LogP contribution in [0.1, 0.15) is 30.0 Å². The first-order valence-corrected chi connectivity index (χ1v) is 6.78. The highest BCUT2D eigenvalue weighted by atomic mass is 14.9. The fourth-order valence-corrected chi connectivity index (χ4v) is 2.10. The first kappa shape index (κ1) is 14.1. The molecule has 0 aliphatic carbocycles. The molecule has 0 aliphatic heterocycles. The van der Waals surface area contributed by atoms with Gasteiger partial charge < -0.3 is 5.73 Å². The van der Waals surface area contributed by atoms with Crippen molar-refractivity contribution in [3.8, 4) is 0 Å². The minimum absolute atomic E-state index is 0.0950. The van der Waals surface area contributed by atoms with Crippen LogP contribution in [0.2, 0.25) is 0 Å². The number of nitrogens with two attached hydrogens (primary N) is 1. The topological polar surface area (TPSA) is 38.4 Å². The molecular weight excluding hydrogens is 244 g/mol. The molecule has 2 aromatic rings. The van der Waals surface area contributed by atoms with E-state index in [0.29, 0.717) is 5.84 Å². The normalized spacial score (nSPS) is 14.6. The zero-order chi connectivity index (χ0) is 14.4. The molecule has 20 heavy (non-hydrogen) atoms. The average molecular weight is 264 g/mol. The SMILES string of the molecule is C=CC(N=C(N)C(C)c1ccccc1)c1ccccc1. The number of aliphatic imine (C=N–C) groups is 1.